The Kier molecular flexibility index (Phi) is 4.80. The van der Waals surface area contributed by atoms with Crippen LogP contribution >= 0.6 is 0 Å². The number of hydrogen-bond donors (Lipinski definition) is 1. The van der Waals surface area contributed by atoms with Crippen LogP contribution in [0.5, 0.6) is 0 Å². The molecule has 0 aromatic carbocycles. The van der Waals surface area contributed by atoms with Crippen LogP contribution in [-0.2, 0) is 4.79 Å². The van der Waals surface area contributed by atoms with Gasteiger partial charge in [-0.2, -0.15) is 0 Å². The maximum atomic E-state index is 12.2. The monoisotopic (exact) mass is 239 g/mol. The summed E-state index contributed by atoms with van der Waals surface area (Å²) in [5.41, 5.74) is 0. The van der Waals surface area contributed by atoms with E-state index in [0.29, 0.717) is 18.5 Å². The minimum atomic E-state index is 0.304. The summed E-state index contributed by atoms with van der Waals surface area (Å²) in [7, 11) is 1.98. The Balaban J connectivity index is 1.78. The van der Waals surface area contributed by atoms with E-state index < -0.39 is 0 Å². The molecule has 0 bridgehead atoms. The van der Waals surface area contributed by atoms with Crippen molar-refractivity contribution in [3.8, 4) is 0 Å². The Morgan fingerprint density at radius 1 is 1.24 bits per heavy atom. The van der Waals surface area contributed by atoms with Crippen LogP contribution in [0, 0.1) is 0 Å². The third kappa shape index (κ3) is 3.68. The molecule has 0 unspecified atom stereocenters. The van der Waals surface area contributed by atoms with Gasteiger partial charge >= 0.3 is 0 Å². The highest BCUT2D eigenvalue weighted by Gasteiger charge is 2.24. The number of hydrogen-bond acceptors (Lipinski definition) is 3. The predicted molar refractivity (Wildman–Crippen MR) is 69.0 cm³/mol. The zero-order valence-corrected chi connectivity index (χ0v) is 11.0. The van der Waals surface area contributed by atoms with Crippen LogP contribution in [0.2, 0.25) is 0 Å². The van der Waals surface area contributed by atoms with Crippen molar-refractivity contribution in [3.05, 3.63) is 0 Å². The number of nitrogens with one attached hydrogen (secondary N) is 1. The molecule has 4 heteroatoms. The van der Waals surface area contributed by atoms with Gasteiger partial charge in [0.1, 0.15) is 0 Å². The lowest BCUT2D eigenvalue weighted by atomic mass is 10.2. The molecule has 0 radical (unpaired) electrons. The topological polar surface area (TPSA) is 35.6 Å². The van der Waals surface area contributed by atoms with Gasteiger partial charge in [-0.3, -0.25) is 9.69 Å². The van der Waals surface area contributed by atoms with Gasteiger partial charge in [0.15, 0.2) is 0 Å². The molecule has 0 aromatic rings. The van der Waals surface area contributed by atoms with Gasteiger partial charge in [0.25, 0.3) is 0 Å². The van der Waals surface area contributed by atoms with E-state index in [0.717, 1.165) is 32.6 Å². The highest BCUT2D eigenvalue weighted by molar-refractivity contribution is 5.78. The van der Waals surface area contributed by atoms with E-state index in [-0.39, 0.29) is 0 Å². The normalized spacial score (nSPS) is 23.6. The van der Waals surface area contributed by atoms with Gasteiger partial charge in [0.05, 0.1) is 6.54 Å². The fourth-order valence-corrected chi connectivity index (χ4v) is 2.86. The van der Waals surface area contributed by atoms with Crippen molar-refractivity contribution < 1.29 is 4.79 Å². The average molecular weight is 239 g/mol. The van der Waals surface area contributed by atoms with Crippen molar-refractivity contribution in [3.63, 3.8) is 0 Å². The van der Waals surface area contributed by atoms with Crippen molar-refractivity contribution >= 4 is 5.91 Å². The lowest BCUT2D eigenvalue weighted by Gasteiger charge is -2.27. The van der Waals surface area contributed by atoms with E-state index >= 15 is 0 Å². The molecule has 98 valence electrons. The molecule has 0 spiro atoms. The van der Waals surface area contributed by atoms with Gasteiger partial charge in [0, 0.05) is 26.2 Å². The first kappa shape index (κ1) is 12.8. The third-order valence-electron chi connectivity index (χ3n) is 4.06. The summed E-state index contributed by atoms with van der Waals surface area (Å²) < 4.78 is 0. The molecule has 1 aliphatic carbocycles. The molecule has 1 heterocycles. The van der Waals surface area contributed by atoms with Gasteiger partial charge in [-0.1, -0.05) is 12.8 Å². The standard InChI is InChI=1S/C13H25N3O/c1-15(12-5-2-3-6-12)13(17)11-16-9-4-7-14-8-10-16/h12,14H,2-11H2,1H3. The average Bonchev–Trinajstić information content (AvgIpc) is 2.74. The molecule has 1 amide bonds. The molecule has 1 saturated heterocycles. The summed E-state index contributed by atoms with van der Waals surface area (Å²) >= 11 is 0. The van der Waals surface area contributed by atoms with Crippen molar-refractivity contribution in [1.82, 2.24) is 15.1 Å². The molecule has 1 saturated carbocycles. The molecule has 0 aromatic heterocycles. The maximum absolute atomic E-state index is 12.2. The first-order valence-corrected chi connectivity index (χ1v) is 6.96. The smallest absolute Gasteiger partial charge is 0.236 e. The maximum Gasteiger partial charge on any atom is 0.236 e. The minimum Gasteiger partial charge on any atom is -0.342 e. The number of carbonyl (C=O) groups is 1. The van der Waals surface area contributed by atoms with Crippen LogP contribution in [0.15, 0.2) is 0 Å². The van der Waals surface area contributed by atoms with E-state index in [4.69, 9.17) is 0 Å². The van der Waals surface area contributed by atoms with E-state index in [9.17, 15) is 4.79 Å². The van der Waals surface area contributed by atoms with Crippen molar-refractivity contribution in [2.75, 3.05) is 39.8 Å². The Morgan fingerprint density at radius 2 is 2.00 bits per heavy atom. The van der Waals surface area contributed by atoms with Crippen LogP contribution in [-0.4, -0.2) is 61.5 Å². The second-order valence-electron chi connectivity index (χ2n) is 5.32. The number of amides is 1. The Morgan fingerprint density at radius 3 is 2.76 bits per heavy atom. The van der Waals surface area contributed by atoms with E-state index in [1.165, 1.54) is 25.7 Å². The van der Waals surface area contributed by atoms with E-state index in [1.54, 1.807) is 0 Å². The van der Waals surface area contributed by atoms with E-state index in [1.807, 2.05) is 11.9 Å². The zero-order valence-electron chi connectivity index (χ0n) is 11.0. The van der Waals surface area contributed by atoms with Crippen molar-refractivity contribution in [2.24, 2.45) is 0 Å². The first-order chi connectivity index (χ1) is 8.27. The van der Waals surface area contributed by atoms with Gasteiger partial charge in [-0.05, 0) is 32.4 Å². The van der Waals surface area contributed by atoms with Crippen LogP contribution in [0.1, 0.15) is 32.1 Å². The van der Waals surface area contributed by atoms with Gasteiger partial charge in [-0.25, -0.2) is 0 Å². The Bertz CT molecular complexity index is 243. The molecule has 1 aliphatic heterocycles. The Hall–Kier alpha value is -0.610. The van der Waals surface area contributed by atoms with Crippen molar-refractivity contribution in [2.45, 2.75) is 38.1 Å². The summed E-state index contributed by atoms with van der Waals surface area (Å²) in [6.07, 6.45) is 6.12. The molecule has 0 atom stereocenters. The fraction of sp³-hybridized carbons (Fsp3) is 0.923. The summed E-state index contributed by atoms with van der Waals surface area (Å²) in [4.78, 5) is 16.5. The van der Waals surface area contributed by atoms with Gasteiger partial charge in [-0.15, -0.1) is 0 Å². The number of nitrogens with zero attached hydrogens (tertiary/aromatic N) is 2. The van der Waals surface area contributed by atoms with E-state index in [2.05, 4.69) is 10.2 Å². The fourth-order valence-electron chi connectivity index (χ4n) is 2.86. The molecular formula is C13H25N3O. The van der Waals surface area contributed by atoms with Gasteiger partial charge < -0.3 is 10.2 Å². The van der Waals surface area contributed by atoms with Crippen LogP contribution in [0.4, 0.5) is 0 Å². The summed E-state index contributed by atoms with van der Waals surface area (Å²) in [5.74, 6) is 0.304. The first-order valence-electron chi connectivity index (χ1n) is 6.96. The molecule has 1 N–H and O–H groups in total. The van der Waals surface area contributed by atoms with Crippen molar-refractivity contribution in [1.29, 1.82) is 0 Å². The summed E-state index contributed by atoms with van der Waals surface area (Å²) in [5, 5.41) is 3.37. The molecule has 2 rings (SSSR count). The Labute approximate surface area is 104 Å². The van der Waals surface area contributed by atoms with Gasteiger partial charge in [0.2, 0.25) is 5.91 Å². The molecule has 17 heavy (non-hydrogen) atoms. The lowest BCUT2D eigenvalue weighted by molar-refractivity contribution is -0.133. The lowest BCUT2D eigenvalue weighted by Crippen LogP contribution is -2.43. The highest BCUT2D eigenvalue weighted by atomic mass is 16.2. The summed E-state index contributed by atoms with van der Waals surface area (Å²) in [6, 6.07) is 0.507. The van der Waals surface area contributed by atoms with Crippen LogP contribution in [0.25, 0.3) is 0 Å². The second-order valence-corrected chi connectivity index (χ2v) is 5.32. The van der Waals surface area contributed by atoms with Crippen LogP contribution in [0.3, 0.4) is 0 Å². The molecule has 2 fully saturated rings. The SMILES string of the molecule is CN(C(=O)CN1CCCNCC1)C1CCCC1. The second kappa shape index (κ2) is 6.36. The largest absolute Gasteiger partial charge is 0.342 e. The predicted octanol–water partition coefficient (Wildman–Crippen LogP) is 0.683. The number of likely N-dealkylation sites (N-methyl/N-ethyl adjacent to an activating group) is 1. The minimum absolute atomic E-state index is 0.304. The highest BCUT2D eigenvalue weighted by Crippen LogP contribution is 2.22. The quantitative estimate of drug-likeness (QED) is 0.787. The summed E-state index contributed by atoms with van der Waals surface area (Å²) in [6.45, 7) is 4.76. The number of rotatable bonds is 3. The molecular weight excluding hydrogens is 214 g/mol. The molecule has 2 aliphatic rings. The zero-order chi connectivity index (χ0) is 12.1. The third-order valence-corrected chi connectivity index (χ3v) is 4.06. The molecule has 4 nitrogen and oxygen atoms in total. The number of carbonyl (C=O) groups excluding carboxylic acids is 1. The van der Waals surface area contributed by atoms with Crippen LogP contribution < -0.4 is 5.32 Å².